The summed E-state index contributed by atoms with van der Waals surface area (Å²) < 4.78 is 38.3. The summed E-state index contributed by atoms with van der Waals surface area (Å²) in [5.41, 5.74) is 5.92. The zero-order valence-corrected chi connectivity index (χ0v) is 15.0. The van der Waals surface area contributed by atoms with Crippen LogP contribution in [-0.2, 0) is 20.8 Å². The van der Waals surface area contributed by atoms with Crippen LogP contribution in [0, 0.1) is 0 Å². The molecule has 0 saturated heterocycles. The van der Waals surface area contributed by atoms with E-state index in [1.165, 1.54) is 12.1 Å². The molecule has 1 aromatic rings. The number of nitrogens with two attached hydrogens (primary N) is 1. The normalized spacial score (nSPS) is 15.0. The molecule has 2 unspecified atom stereocenters. The van der Waals surface area contributed by atoms with Crippen molar-refractivity contribution >= 4 is 54.0 Å². The van der Waals surface area contributed by atoms with Gasteiger partial charge in [-0.2, -0.15) is 0 Å². The van der Waals surface area contributed by atoms with Gasteiger partial charge in [-0.15, -0.1) is 0 Å². The van der Waals surface area contributed by atoms with Gasteiger partial charge < -0.3 is 5.73 Å². The molecule has 0 radical (unpaired) electrons. The van der Waals surface area contributed by atoms with Gasteiger partial charge in [-0.1, -0.05) is 18.5 Å². The van der Waals surface area contributed by atoms with Crippen LogP contribution in [0.4, 0.5) is 5.69 Å². The Labute approximate surface area is 134 Å². The van der Waals surface area contributed by atoms with Crippen LogP contribution in [0.3, 0.4) is 0 Å². The first-order valence-corrected chi connectivity index (χ1v) is 9.99. The highest BCUT2D eigenvalue weighted by molar-refractivity contribution is 9.10. The van der Waals surface area contributed by atoms with Crippen molar-refractivity contribution in [3.8, 4) is 0 Å². The largest absolute Gasteiger partial charge is 0.398 e. The Kier molecular flexibility index (Phi) is 6.46. The molecule has 0 aliphatic rings. The number of rotatable bonds is 6. The Balaban J connectivity index is 2.87. The van der Waals surface area contributed by atoms with E-state index in [2.05, 4.69) is 20.7 Å². The third-order valence-electron chi connectivity index (χ3n) is 2.73. The molecule has 0 bridgehead atoms. The summed E-state index contributed by atoms with van der Waals surface area (Å²) in [5, 5.41) is 0.166. The summed E-state index contributed by atoms with van der Waals surface area (Å²) in [6, 6.07) is 2.79. The topological polar surface area (TPSA) is 89.3 Å². The fourth-order valence-corrected chi connectivity index (χ4v) is 4.21. The van der Waals surface area contributed by atoms with Gasteiger partial charge in [-0.25, -0.2) is 13.1 Å². The van der Waals surface area contributed by atoms with Crippen molar-refractivity contribution in [3.05, 3.63) is 21.6 Å². The molecular formula is C11H16BrClN2O3S2. The molecule has 0 aromatic heterocycles. The van der Waals surface area contributed by atoms with Gasteiger partial charge in [0.1, 0.15) is 0 Å². The van der Waals surface area contributed by atoms with Crippen molar-refractivity contribution in [3.63, 3.8) is 0 Å². The number of hydrogen-bond acceptors (Lipinski definition) is 4. The second kappa shape index (κ2) is 7.22. The van der Waals surface area contributed by atoms with Crippen molar-refractivity contribution in [2.24, 2.45) is 0 Å². The number of nitrogens with one attached hydrogen (secondary N) is 1. The molecule has 0 saturated carbocycles. The number of nitrogen functional groups attached to an aromatic ring is 1. The highest BCUT2D eigenvalue weighted by Crippen LogP contribution is 2.31. The van der Waals surface area contributed by atoms with Crippen molar-refractivity contribution in [1.82, 2.24) is 4.72 Å². The zero-order chi connectivity index (χ0) is 15.5. The quantitative estimate of drug-likeness (QED) is 0.712. The van der Waals surface area contributed by atoms with Gasteiger partial charge in [-0.05, 0) is 34.5 Å². The Morgan fingerprint density at radius 3 is 2.65 bits per heavy atom. The molecule has 1 rings (SSSR count). The van der Waals surface area contributed by atoms with Crippen molar-refractivity contribution in [2.75, 3.05) is 18.5 Å². The fraction of sp³-hybridized carbons (Fsp3) is 0.455. The molecule has 1 aromatic carbocycles. The molecule has 114 valence electrons. The fourth-order valence-electron chi connectivity index (χ4n) is 1.42. The van der Waals surface area contributed by atoms with Gasteiger partial charge in [0.25, 0.3) is 0 Å². The van der Waals surface area contributed by atoms with Crippen LogP contribution in [0.2, 0.25) is 5.02 Å². The third-order valence-corrected chi connectivity index (χ3v) is 6.95. The monoisotopic (exact) mass is 402 g/mol. The molecular weight excluding hydrogens is 388 g/mol. The van der Waals surface area contributed by atoms with E-state index >= 15 is 0 Å². The maximum atomic E-state index is 12.2. The van der Waals surface area contributed by atoms with Crippen molar-refractivity contribution < 1.29 is 12.6 Å². The number of hydrogen-bond donors (Lipinski definition) is 2. The number of anilines is 1. The molecule has 2 atom stereocenters. The Hall–Kier alpha value is -0.150. The molecule has 0 spiro atoms. The van der Waals surface area contributed by atoms with E-state index < -0.39 is 20.8 Å². The summed E-state index contributed by atoms with van der Waals surface area (Å²) in [5.74, 6) is 0. The number of halogens is 2. The maximum Gasteiger partial charge on any atom is 0.241 e. The van der Waals surface area contributed by atoms with E-state index in [1.54, 1.807) is 13.2 Å². The summed E-state index contributed by atoms with van der Waals surface area (Å²) in [4.78, 5) is -0.00669. The highest BCUT2D eigenvalue weighted by Gasteiger charge is 2.20. The summed E-state index contributed by atoms with van der Waals surface area (Å²) in [6.45, 7) is 2.00. The lowest BCUT2D eigenvalue weighted by Crippen LogP contribution is -2.28. The van der Waals surface area contributed by atoms with Gasteiger partial charge in [-0.3, -0.25) is 4.21 Å². The zero-order valence-electron chi connectivity index (χ0n) is 11.0. The minimum Gasteiger partial charge on any atom is -0.398 e. The second-order valence-electron chi connectivity index (χ2n) is 4.30. The highest BCUT2D eigenvalue weighted by atomic mass is 79.9. The van der Waals surface area contributed by atoms with Crippen LogP contribution in [-0.4, -0.2) is 30.7 Å². The second-order valence-corrected chi connectivity index (χ2v) is 9.07. The van der Waals surface area contributed by atoms with Crippen LogP contribution in [0.5, 0.6) is 0 Å². The van der Waals surface area contributed by atoms with Gasteiger partial charge in [0.15, 0.2) is 0 Å². The van der Waals surface area contributed by atoms with E-state index in [1.807, 2.05) is 0 Å². The van der Waals surface area contributed by atoms with Crippen LogP contribution in [0.25, 0.3) is 0 Å². The standard InChI is InChI=1S/C11H16BrClN2O3S2/c1-7(19(2)16)3-4-15-20(17,18)10-6-8(13)5-9(14)11(10)12/h5-7,15H,3-4,14H2,1-2H3. The van der Waals surface area contributed by atoms with E-state index in [0.29, 0.717) is 6.42 Å². The first kappa shape index (κ1) is 17.9. The third kappa shape index (κ3) is 4.70. The summed E-state index contributed by atoms with van der Waals surface area (Å²) >= 11 is 8.96. The molecule has 3 N–H and O–H groups in total. The van der Waals surface area contributed by atoms with Gasteiger partial charge in [0.05, 0.1) is 9.37 Å². The summed E-state index contributed by atoms with van der Waals surface area (Å²) in [6.07, 6.45) is 2.07. The molecule has 0 aliphatic carbocycles. The Morgan fingerprint density at radius 2 is 2.10 bits per heavy atom. The molecule has 20 heavy (non-hydrogen) atoms. The molecule has 9 heteroatoms. The molecule has 0 amide bonds. The van der Waals surface area contributed by atoms with E-state index in [4.69, 9.17) is 17.3 Å². The van der Waals surface area contributed by atoms with Gasteiger partial charge in [0.2, 0.25) is 10.0 Å². The van der Waals surface area contributed by atoms with Gasteiger partial charge in [0, 0.05) is 39.6 Å². The SMILES string of the molecule is CC(CCNS(=O)(=O)c1cc(Cl)cc(N)c1Br)S(C)=O. The van der Waals surface area contributed by atoms with E-state index in [9.17, 15) is 12.6 Å². The van der Waals surface area contributed by atoms with E-state index in [-0.39, 0.29) is 31.9 Å². The average molecular weight is 404 g/mol. The minimum absolute atomic E-state index is 0.00669. The Morgan fingerprint density at radius 1 is 1.50 bits per heavy atom. The van der Waals surface area contributed by atoms with Crippen molar-refractivity contribution in [1.29, 1.82) is 0 Å². The first-order chi connectivity index (χ1) is 9.15. The lowest BCUT2D eigenvalue weighted by atomic mass is 10.3. The number of sulfonamides is 1. The minimum atomic E-state index is -3.72. The average Bonchev–Trinajstić information content (AvgIpc) is 2.33. The molecule has 0 fully saturated rings. The summed E-state index contributed by atoms with van der Waals surface area (Å²) in [7, 11) is -4.70. The van der Waals surface area contributed by atoms with E-state index in [0.717, 1.165) is 0 Å². The van der Waals surface area contributed by atoms with Gasteiger partial charge >= 0.3 is 0 Å². The maximum absolute atomic E-state index is 12.2. The first-order valence-electron chi connectivity index (χ1n) is 5.71. The predicted octanol–water partition coefficient (Wildman–Crippen LogP) is 2.12. The Bertz CT molecular complexity index is 622. The van der Waals surface area contributed by atoms with Crippen LogP contribution in [0.1, 0.15) is 13.3 Å². The van der Waals surface area contributed by atoms with Crippen LogP contribution < -0.4 is 10.5 Å². The molecule has 0 aliphatic heterocycles. The lowest BCUT2D eigenvalue weighted by Gasteiger charge is -2.12. The molecule has 0 heterocycles. The van der Waals surface area contributed by atoms with Crippen LogP contribution in [0.15, 0.2) is 21.5 Å². The van der Waals surface area contributed by atoms with Crippen molar-refractivity contribution in [2.45, 2.75) is 23.5 Å². The smallest absolute Gasteiger partial charge is 0.241 e. The predicted molar refractivity (Wildman–Crippen MR) is 86.9 cm³/mol. The molecule has 5 nitrogen and oxygen atoms in total. The number of benzene rings is 1. The van der Waals surface area contributed by atoms with Crippen LogP contribution >= 0.6 is 27.5 Å². The lowest BCUT2D eigenvalue weighted by molar-refractivity contribution is 0.577.